The molecule has 1 N–H and O–H groups in total. The molecule has 1 aliphatic rings. The zero-order valence-corrected chi connectivity index (χ0v) is 15.6. The van der Waals surface area contributed by atoms with E-state index in [1.54, 1.807) is 30.4 Å². The maximum Gasteiger partial charge on any atom is 0.254 e. The summed E-state index contributed by atoms with van der Waals surface area (Å²) < 4.78 is 0. The van der Waals surface area contributed by atoms with Crippen LogP contribution < -0.4 is 5.32 Å². The number of fused-ring (bicyclic) bond motifs is 1. The van der Waals surface area contributed by atoms with Crippen molar-refractivity contribution in [2.75, 3.05) is 7.05 Å². The average molecular weight is 371 g/mol. The smallest absolute Gasteiger partial charge is 0.254 e. The summed E-state index contributed by atoms with van der Waals surface area (Å²) in [5.41, 5.74) is 3.22. The number of carbonyl (C=O) groups is 2. The lowest BCUT2D eigenvalue weighted by Crippen LogP contribution is -2.45. The molecule has 0 radical (unpaired) electrons. The normalized spacial score (nSPS) is 18.5. The third-order valence-corrected chi connectivity index (χ3v) is 5.19. The van der Waals surface area contributed by atoms with Gasteiger partial charge >= 0.3 is 0 Å². The van der Waals surface area contributed by atoms with Gasteiger partial charge in [0, 0.05) is 31.5 Å². The lowest BCUT2D eigenvalue weighted by molar-refractivity contribution is -0.124. The van der Waals surface area contributed by atoms with Crippen LogP contribution in [0.2, 0.25) is 0 Å². The number of aromatic nitrogens is 1. The van der Waals surface area contributed by atoms with Crippen molar-refractivity contribution >= 4 is 11.8 Å². The summed E-state index contributed by atoms with van der Waals surface area (Å²) in [4.78, 5) is 32.0. The second-order valence-corrected chi connectivity index (χ2v) is 6.92. The van der Waals surface area contributed by atoms with E-state index in [-0.39, 0.29) is 17.9 Å². The minimum atomic E-state index is -0.488. The molecule has 140 valence electrons. The molecule has 3 aromatic rings. The number of hydrogen-bond donors (Lipinski definition) is 1. The van der Waals surface area contributed by atoms with E-state index < -0.39 is 5.92 Å². The fourth-order valence-electron chi connectivity index (χ4n) is 3.83. The molecule has 2 aromatic carbocycles. The van der Waals surface area contributed by atoms with Crippen molar-refractivity contribution in [2.24, 2.45) is 0 Å². The van der Waals surface area contributed by atoms with Crippen LogP contribution >= 0.6 is 0 Å². The molecule has 0 bridgehead atoms. The molecule has 5 heteroatoms. The second-order valence-electron chi connectivity index (χ2n) is 6.92. The SMILES string of the molecule is CN1C(=O)c2ccccc2[C@H](C(=O)NCc2cccnc2)[C@H]1c1ccccc1. The van der Waals surface area contributed by atoms with Crippen molar-refractivity contribution in [2.45, 2.75) is 18.5 Å². The van der Waals surface area contributed by atoms with Crippen LogP contribution in [0.1, 0.15) is 39.0 Å². The molecule has 0 fully saturated rings. The highest BCUT2D eigenvalue weighted by Crippen LogP contribution is 2.41. The van der Waals surface area contributed by atoms with Gasteiger partial charge in [0.25, 0.3) is 5.91 Å². The highest BCUT2D eigenvalue weighted by atomic mass is 16.2. The molecule has 4 rings (SSSR count). The lowest BCUT2D eigenvalue weighted by Gasteiger charge is -2.39. The monoisotopic (exact) mass is 371 g/mol. The molecule has 2 heterocycles. The fraction of sp³-hybridized carbons (Fsp3) is 0.174. The Labute approximate surface area is 164 Å². The van der Waals surface area contributed by atoms with Crippen molar-refractivity contribution < 1.29 is 9.59 Å². The number of nitrogens with zero attached hydrogens (tertiary/aromatic N) is 2. The first-order valence-corrected chi connectivity index (χ1v) is 9.24. The number of likely N-dealkylation sites (N-methyl/N-ethyl adjacent to an activating group) is 1. The largest absolute Gasteiger partial charge is 0.351 e. The van der Waals surface area contributed by atoms with Gasteiger partial charge in [0.2, 0.25) is 5.91 Å². The molecule has 2 atom stereocenters. The Morgan fingerprint density at radius 3 is 2.54 bits per heavy atom. The molecule has 0 aliphatic carbocycles. The van der Waals surface area contributed by atoms with Crippen molar-refractivity contribution in [3.05, 3.63) is 101 Å². The zero-order valence-electron chi connectivity index (χ0n) is 15.6. The Kier molecular flexibility index (Phi) is 4.89. The minimum Gasteiger partial charge on any atom is -0.351 e. The molecule has 5 nitrogen and oxygen atoms in total. The molecular formula is C23H21N3O2. The van der Waals surface area contributed by atoms with Crippen LogP contribution in [-0.2, 0) is 11.3 Å². The lowest BCUT2D eigenvalue weighted by atomic mass is 9.79. The first kappa shape index (κ1) is 17.9. The van der Waals surface area contributed by atoms with E-state index in [1.165, 1.54) is 0 Å². The summed E-state index contributed by atoms with van der Waals surface area (Å²) in [6, 6.07) is 20.5. The Morgan fingerprint density at radius 1 is 1.04 bits per heavy atom. The number of pyridine rings is 1. The molecule has 2 amide bonds. The number of hydrogen-bond acceptors (Lipinski definition) is 3. The Morgan fingerprint density at radius 2 is 1.79 bits per heavy atom. The fourth-order valence-corrected chi connectivity index (χ4v) is 3.83. The van der Waals surface area contributed by atoms with Crippen LogP contribution in [0.3, 0.4) is 0 Å². The van der Waals surface area contributed by atoms with E-state index in [0.29, 0.717) is 12.1 Å². The summed E-state index contributed by atoms with van der Waals surface area (Å²) in [7, 11) is 1.76. The Balaban J connectivity index is 1.72. The molecular weight excluding hydrogens is 350 g/mol. The summed E-state index contributed by atoms with van der Waals surface area (Å²) in [6.07, 6.45) is 3.44. The van der Waals surface area contributed by atoms with Crippen LogP contribution in [0.5, 0.6) is 0 Å². The van der Waals surface area contributed by atoms with Gasteiger partial charge in [-0.15, -0.1) is 0 Å². The second kappa shape index (κ2) is 7.64. The van der Waals surface area contributed by atoms with Gasteiger partial charge in [-0.05, 0) is 28.8 Å². The molecule has 1 aromatic heterocycles. The van der Waals surface area contributed by atoms with Gasteiger partial charge in [0.1, 0.15) is 0 Å². The first-order chi connectivity index (χ1) is 13.7. The predicted molar refractivity (Wildman–Crippen MR) is 107 cm³/mol. The summed E-state index contributed by atoms with van der Waals surface area (Å²) in [5, 5.41) is 3.03. The van der Waals surface area contributed by atoms with Crippen LogP contribution in [0, 0.1) is 0 Å². The number of nitrogens with one attached hydrogen (secondary N) is 1. The van der Waals surface area contributed by atoms with Crippen LogP contribution in [-0.4, -0.2) is 28.7 Å². The number of benzene rings is 2. The number of amides is 2. The Hall–Kier alpha value is -3.47. The van der Waals surface area contributed by atoms with Gasteiger partial charge in [-0.3, -0.25) is 14.6 Å². The summed E-state index contributed by atoms with van der Waals surface area (Å²) in [6.45, 7) is 0.393. The van der Waals surface area contributed by atoms with E-state index in [9.17, 15) is 9.59 Å². The number of carbonyl (C=O) groups excluding carboxylic acids is 2. The van der Waals surface area contributed by atoms with E-state index in [2.05, 4.69) is 10.3 Å². The Bertz CT molecular complexity index is 989. The van der Waals surface area contributed by atoms with Gasteiger partial charge in [0.15, 0.2) is 0 Å². The first-order valence-electron chi connectivity index (χ1n) is 9.24. The van der Waals surface area contributed by atoms with E-state index in [0.717, 1.165) is 16.7 Å². The van der Waals surface area contributed by atoms with Gasteiger partial charge in [-0.25, -0.2) is 0 Å². The van der Waals surface area contributed by atoms with Crippen molar-refractivity contribution in [3.8, 4) is 0 Å². The standard InChI is InChI=1S/C23H21N3O2/c1-26-21(17-9-3-2-4-10-17)20(18-11-5-6-12-19(18)23(26)28)22(27)25-15-16-8-7-13-24-14-16/h2-14,20-21H,15H2,1H3,(H,25,27)/t20-,21+/m0/s1. The molecule has 28 heavy (non-hydrogen) atoms. The highest BCUT2D eigenvalue weighted by Gasteiger charge is 2.42. The van der Waals surface area contributed by atoms with Gasteiger partial charge in [0.05, 0.1) is 12.0 Å². The third kappa shape index (κ3) is 3.27. The van der Waals surface area contributed by atoms with E-state index in [4.69, 9.17) is 0 Å². The van der Waals surface area contributed by atoms with Gasteiger partial charge in [-0.2, -0.15) is 0 Å². The highest BCUT2D eigenvalue weighted by molar-refractivity contribution is 6.01. The maximum atomic E-state index is 13.3. The van der Waals surface area contributed by atoms with Crippen molar-refractivity contribution in [1.29, 1.82) is 0 Å². The summed E-state index contributed by atoms with van der Waals surface area (Å²) >= 11 is 0. The van der Waals surface area contributed by atoms with Crippen LogP contribution in [0.15, 0.2) is 79.1 Å². The average Bonchev–Trinajstić information content (AvgIpc) is 2.75. The van der Waals surface area contributed by atoms with Gasteiger partial charge < -0.3 is 10.2 Å². The quantitative estimate of drug-likeness (QED) is 0.765. The number of rotatable bonds is 4. The predicted octanol–water partition coefficient (Wildman–Crippen LogP) is 3.31. The van der Waals surface area contributed by atoms with Crippen molar-refractivity contribution in [3.63, 3.8) is 0 Å². The van der Waals surface area contributed by atoms with Crippen LogP contribution in [0.4, 0.5) is 0 Å². The third-order valence-electron chi connectivity index (χ3n) is 5.19. The molecule has 0 saturated heterocycles. The maximum absolute atomic E-state index is 13.3. The zero-order chi connectivity index (χ0) is 19.5. The minimum absolute atomic E-state index is 0.0687. The van der Waals surface area contributed by atoms with E-state index in [1.807, 2.05) is 60.7 Å². The van der Waals surface area contributed by atoms with E-state index >= 15 is 0 Å². The summed E-state index contributed by atoms with van der Waals surface area (Å²) in [5.74, 6) is -0.664. The van der Waals surface area contributed by atoms with Crippen molar-refractivity contribution in [1.82, 2.24) is 15.2 Å². The molecule has 0 saturated carbocycles. The van der Waals surface area contributed by atoms with Crippen LogP contribution in [0.25, 0.3) is 0 Å². The molecule has 1 aliphatic heterocycles. The topological polar surface area (TPSA) is 62.3 Å². The molecule has 0 spiro atoms. The van der Waals surface area contributed by atoms with Gasteiger partial charge in [-0.1, -0.05) is 54.6 Å². The molecule has 0 unspecified atom stereocenters.